The second-order valence-electron chi connectivity index (χ2n) is 14.7. The van der Waals surface area contributed by atoms with Crippen molar-refractivity contribution in [2.75, 3.05) is 47.5 Å². The van der Waals surface area contributed by atoms with Crippen LogP contribution in [0.1, 0.15) is 181 Å². The van der Waals surface area contributed by atoms with Gasteiger partial charge in [0.2, 0.25) is 0 Å². The van der Waals surface area contributed by atoms with E-state index >= 15 is 0 Å². The van der Waals surface area contributed by atoms with E-state index in [0.29, 0.717) is 17.4 Å². The minimum Gasteiger partial charge on any atom is -0.756 e. The zero-order chi connectivity index (χ0) is 35.8. The van der Waals surface area contributed by atoms with Gasteiger partial charge in [-0.15, -0.1) is 0 Å². The molecule has 0 aliphatic heterocycles. The Morgan fingerprint density at radius 1 is 0.562 bits per heavy atom. The minimum absolute atomic E-state index is 0.0261. The van der Waals surface area contributed by atoms with Crippen LogP contribution in [0.5, 0.6) is 0 Å². The minimum atomic E-state index is -4.61. The van der Waals surface area contributed by atoms with E-state index in [0.717, 1.165) is 32.1 Å². The Balaban J connectivity index is 4.37. The van der Waals surface area contributed by atoms with Crippen LogP contribution in [-0.2, 0) is 32.7 Å². The summed E-state index contributed by atoms with van der Waals surface area (Å²) in [6.07, 6.45) is 28.4. The van der Waals surface area contributed by atoms with Gasteiger partial charge in [-0.25, -0.2) is 0 Å². The number of carbonyl (C=O) groups is 2. The first-order valence-electron chi connectivity index (χ1n) is 19.7. The molecule has 0 rings (SSSR count). The van der Waals surface area contributed by atoms with E-state index < -0.39 is 26.5 Å². The SMILES string of the molecule is CCCCCCCCCCCCCCCCC(=O)OC[C@H](COP(=O)([O-])OCC[N+](C)(C)C)OC(=O)CCCCCCCCCCCC. The average Bonchev–Trinajstić information content (AvgIpc) is 3.02. The van der Waals surface area contributed by atoms with E-state index in [9.17, 15) is 19.0 Å². The summed E-state index contributed by atoms with van der Waals surface area (Å²) >= 11 is 0. The van der Waals surface area contributed by atoms with Crippen molar-refractivity contribution in [3.63, 3.8) is 0 Å². The Bertz CT molecular complexity index is 804. The number of quaternary nitrogens is 1. The number of likely N-dealkylation sites (N-methyl/N-ethyl adjacent to an activating group) is 1. The second-order valence-corrected chi connectivity index (χ2v) is 16.1. The normalized spacial score (nSPS) is 13.7. The zero-order valence-corrected chi connectivity index (χ0v) is 32.8. The fourth-order valence-corrected chi connectivity index (χ4v) is 6.21. The molecule has 0 spiro atoms. The van der Waals surface area contributed by atoms with Crippen LogP contribution >= 0.6 is 7.82 Å². The summed E-state index contributed by atoms with van der Waals surface area (Å²) in [6.45, 7) is 4.22. The van der Waals surface area contributed by atoms with Crippen molar-refractivity contribution in [1.82, 2.24) is 0 Å². The summed E-state index contributed by atoms with van der Waals surface area (Å²) in [5, 5.41) is 0. The molecule has 10 heteroatoms. The number of phosphoric acid groups is 1. The maximum atomic E-state index is 12.6. The fraction of sp³-hybridized carbons (Fsp3) is 0.947. The van der Waals surface area contributed by atoms with Gasteiger partial charge in [0, 0.05) is 12.8 Å². The first kappa shape index (κ1) is 47.0. The second kappa shape index (κ2) is 32.0. The highest BCUT2D eigenvalue weighted by Gasteiger charge is 2.21. The van der Waals surface area contributed by atoms with E-state index in [4.69, 9.17) is 18.5 Å². The van der Waals surface area contributed by atoms with Crippen LogP contribution in [0.15, 0.2) is 0 Å². The van der Waals surface area contributed by atoms with E-state index in [-0.39, 0.29) is 32.0 Å². The van der Waals surface area contributed by atoms with Gasteiger partial charge in [0.05, 0.1) is 27.7 Å². The van der Waals surface area contributed by atoms with Gasteiger partial charge in [-0.3, -0.25) is 14.2 Å². The van der Waals surface area contributed by atoms with E-state index in [1.54, 1.807) is 0 Å². The predicted molar refractivity (Wildman–Crippen MR) is 195 cm³/mol. The quantitative estimate of drug-likeness (QED) is 0.0274. The van der Waals surface area contributed by atoms with Crippen molar-refractivity contribution in [3.8, 4) is 0 Å². The molecule has 0 aromatic rings. The lowest BCUT2D eigenvalue weighted by Crippen LogP contribution is -2.37. The molecule has 0 fully saturated rings. The smallest absolute Gasteiger partial charge is 0.306 e. The molecule has 2 atom stereocenters. The molecule has 48 heavy (non-hydrogen) atoms. The lowest BCUT2D eigenvalue weighted by molar-refractivity contribution is -0.870. The number of hydrogen-bond donors (Lipinski definition) is 0. The topological polar surface area (TPSA) is 111 Å². The standard InChI is InChI=1S/C38H76NO8P/c1-6-8-10-12-14-16-18-19-20-21-23-24-26-28-30-37(40)44-34-36(35-46-48(42,43)45-33-32-39(3,4)5)47-38(41)31-29-27-25-22-17-15-13-11-9-7-2/h36H,6-35H2,1-5H3/t36-/m1/s1. The summed E-state index contributed by atoms with van der Waals surface area (Å²) in [6, 6.07) is 0. The van der Waals surface area contributed by atoms with Gasteiger partial charge >= 0.3 is 11.9 Å². The van der Waals surface area contributed by atoms with Crippen LogP contribution in [0.4, 0.5) is 0 Å². The summed E-state index contributed by atoms with van der Waals surface area (Å²) in [4.78, 5) is 37.3. The molecule has 1 unspecified atom stereocenters. The molecule has 0 heterocycles. The first-order valence-corrected chi connectivity index (χ1v) is 21.2. The van der Waals surface area contributed by atoms with Gasteiger partial charge in [0.25, 0.3) is 7.82 Å². The number of carbonyl (C=O) groups excluding carboxylic acids is 2. The number of phosphoric ester groups is 1. The molecule has 0 bridgehead atoms. The molecule has 0 aromatic heterocycles. The molecule has 0 saturated carbocycles. The lowest BCUT2D eigenvalue weighted by Gasteiger charge is -2.28. The van der Waals surface area contributed by atoms with E-state index in [1.165, 1.54) is 116 Å². The highest BCUT2D eigenvalue weighted by molar-refractivity contribution is 7.45. The largest absolute Gasteiger partial charge is 0.756 e. The molecule has 0 amide bonds. The number of rotatable bonds is 36. The van der Waals surface area contributed by atoms with Crippen molar-refractivity contribution < 1.29 is 42.1 Å². The number of hydrogen-bond acceptors (Lipinski definition) is 8. The molecule has 9 nitrogen and oxygen atoms in total. The van der Waals surface area contributed by atoms with Crippen molar-refractivity contribution in [1.29, 1.82) is 0 Å². The van der Waals surface area contributed by atoms with Crippen LogP contribution in [0.25, 0.3) is 0 Å². The number of ether oxygens (including phenoxy) is 2. The van der Waals surface area contributed by atoms with Crippen LogP contribution in [0.2, 0.25) is 0 Å². The van der Waals surface area contributed by atoms with Crippen LogP contribution < -0.4 is 4.89 Å². The Kier molecular flexibility index (Phi) is 31.3. The monoisotopic (exact) mass is 706 g/mol. The number of esters is 2. The van der Waals surface area contributed by atoms with Crippen LogP contribution in [0.3, 0.4) is 0 Å². The van der Waals surface area contributed by atoms with Crippen molar-refractivity contribution >= 4 is 19.8 Å². The number of nitrogens with zero attached hydrogens (tertiary/aromatic N) is 1. The predicted octanol–water partition coefficient (Wildman–Crippen LogP) is 9.83. The molecule has 0 radical (unpaired) electrons. The van der Waals surface area contributed by atoms with Gasteiger partial charge in [-0.05, 0) is 12.8 Å². The Morgan fingerprint density at radius 3 is 1.33 bits per heavy atom. The van der Waals surface area contributed by atoms with E-state index in [1.807, 2.05) is 21.1 Å². The van der Waals surface area contributed by atoms with Gasteiger partial charge < -0.3 is 27.9 Å². The lowest BCUT2D eigenvalue weighted by atomic mass is 10.0. The highest BCUT2D eigenvalue weighted by atomic mass is 31.2. The molecular formula is C38H76NO8P. The van der Waals surface area contributed by atoms with Crippen molar-refractivity contribution in [2.24, 2.45) is 0 Å². The average molecular weight is 706 g/mol. The van der Waals surface area contributed by atoms with E-state index in [2.05, 4.69) is 13.8 Å². The van der Waals surface area contributed by atoms with Crippen LogP contribution in [0, 0.1) is 0 Å². The van der Waals surface area contributed by atoms with Gasteiger partial charge in [0.1, 0.15) is 19.8 Å². The summed E-state index contributed by atoms with van der Waals surface area (Å²) < 4.78 is 33.7. The third-order valence-corrected chi connectivity index (χ3v) is 9.59. The first-order chi connectivity index (χ1) is 23.0. The fourth-order valence-electron chi connectivity index (χ4n) is 5.48. The summed E-state index contributed by atoms with van der Waals surface area (Å²) in [5.41, 5.74) is 0. The Hall–Kier alpha value is -0.990. The third kappa shape index (κ3) is 34.9. The molecule has 0 N–H and O–H groups in total. The maximum absolute atomic E-state index is 12.6. The van der Waals surface area contributed by atoms with Crippen LogP contribution in [-0.4, -0.2) is 70.0 Å². The third-order valence-electron chi connectivity index (χ3n) is 8.63. The molecule has 286 valence electrons. The summed E-state index contributed by atoms with van der Waals surface area (Å²) in [7, 11) is 1.18. The Labute approximate surface area is 295 Å². The molecule has 0 aliphatic carbocycles. The van der Waals surface area contributed by atoms with Crippen molar-refractivity contribution in [2.45, 2.75) is 187 Å². The molecule has 0 aromatic carbocycles. The highest BCUT2D eigenvalue weighted by Crippen LogP contribution is 2.38. The zero-order valence-electron chi connectivity index (χ0n) is 32.0. The van der Waals surface area contributed by atoms with Gasteiger partial charge in [-0.2, -0.15) is 0 Å². The molecular weight excluding hydrogens is 629 g/mol. The van der Waals surface area contributed by atoms with Gasteiger partial charge in [-0.1, -0.05) is 155 Å². The van der Waals surface area contributed by atoms with Crippen molar-refractivity contribution in [3.05, 3.63) is 0 Å². The Morgan fingerprint density at radius 2 is 0.938 bits per heavy atom. The van der Waals surface area contributed by atoms with Gasteiger partial charge in [0.15, 0.2) is 6.10 Å². The maximum Gasteiger partial charge on any atom is 0.306 e. The summed E-state index contributed by atoms with van der Waals surface area (Å²) in [5.74, 6) is -0.827. The molecule has 0 aliphatic rings. The number of unbranched alkanes of at least 4 members (excludes halogenated alkanes) is 22. The molecule has 0 saturated heterocycles.